The van der Waals surface area contributed by atoms with Gasteiger partial charge in [-0.3, -0.25) is 4.79 Å². The summed E-state index contributed by atoms with van der Waals surface area (Å²) in [7, 11) is 0. The van der Waals surface area contributed by atoms with Gasteiger partial charge in [-0.25, -0.2) is 4.99 Å². The van der Waals surface area contributed by atoms with Crippen molar-refractivity contribution in [3.05, 3.63) is 76.5 Å². The fourth-order valence-corrected chi connectivity index (χ4v) is 2.55. The number of amidine groups is 1. The highest BCUT2D eigenvalue weighted by Crippen LogP contribution is 2.16. The summed E-state index contributed by atoms with van der Waals surface area (Å²) in [5, 5.41) is 2.87. The van der Waals surface area contributed by atoms with Gasteiger partial charge in [0.2, 0.25) is 0 Å². The van der Waals surface area contributed by atoms with Crippen molar-refractivity contribution in [3.8, 4) is 0 Å². The van der Waals surface area contributed by atoms with Crippen LogP contribution >= 0.6 is 0 Å². The Labute approximate surface area is 136 Å². The number of hydrogen-bond donors (Lipinski definition) is 1. The molecule has 3 rings (SSSR count). The van der Waals surface area contributed by atoms with Crippen molar-refractivity contribution in [1.82, 2.24) is 5.32 Å². The van der Waals surface area contributed by atoms with Gasteiger partial charge in [-0.05, 0) is 43.0 Å². The van der Waals surface area contributed by atoms with Crippen LogP contribution < -0.4 is 5.32 Å². The number of nitrogens with one attached hydrogen (secondary N) is 1. The summed E-state index contributed by atoms with van der Waals surface area (Å²) in [6.45, 7) is 4.11. The average Bonchev–Trinajstić information content (AvgIpc) is 2.89. The molecule has 0 aromatic heterocycles. The lowest BCUT2D eigenvalue weighted by Gasteiger charge is -2.02. The molecule has 0 radical (unpaired) electrons. The van der Waals surface area contributed by atoms with Crippen molar-refractivity contribution < 1.29 is 4.79 Å². The molecular weight excluding hydrogens is 284 g/mol. The number of amides is 1. The Morgan fingerprint density at radius 2 is 1.74 bits per heavy atom. The lowest BCUT2D eigenvalue weighted by atomic mass is 10.1. The summed E-state index contributed by atoms with van der Waals surface area (Å²) in [5.74, 6) is 0.627. The molecule has 0 saturated carbocycles. The fraction of sp³-hybridized carbons (Fsp3) is 0.200. The largest absolute Gasteiger partial charge is 0.309 e. The van der Waals surface area contributed by atoms with Gasteiger partial charge in [-0.2, -0.15) is 0 Å². The van der Waals surface area contributed by atoms with E-state index in [0.29, 0.717) is 5.70 Å². The van der Waals surface area contributed by atoms with Crippen LogP contribution in [0.4, 0.5) is 0 Å². The van der Waals surface area contributed by atoms with E-state index in [-0.39, 0.29) is 5.91 Å². The van der Waals surface area contributed by atoms with Crippen LogP contribution in [0.3, 0.4) is 0 Å². The van der Waals surface area contributed by atoms with Crippen molar-refractivity contribution in [2.75, 3.05) is 0 Å². The number of hydrogen-bond acceptors (Lipinski definition) is 2. The number of rotatable bonds is 4. The van der Waals surface area contributed by atoms with E-state index in [1.807, 2.05) is 37.3 Å². The zero-order valence-electron chi connectivity index (χ0n) is 13.5. The summed E-state index contributed by atoms with van der Waals surface area (Å²) in [4.78, 5) is 16.5. The van der Waals surface area contributed by atoms with Crippen LogP contribution in [0.25, 0.3) is 6.08 Å². The number of carbonyl (C=O) groups is 1. The molecule has 3 nitrogen and oxygen atoms in total. The first-order chi connectivity index (χ1) is 11.1. The summed E-state index contributed by atoms with van der Waals surface area (Å²) in [6, 6.07) is 16.4. The molecule has 23 heavy (non-hydrogen) atoms. The standard InChI is InChI=1S/C20H20N2O/c1-14-7-9-16(10-8-14)11-12-19-21-18(20(23)22-19)13-17-6-4-3-5-15(17)2/h3-10,13H,11-12H2,1-2H3,(H,21,22,23)/b18-13-. The van der Waals surface area contributed by atoms with E-state index >= 15 is 0 Å². The predicted molar refractivity (Wildman–Crippen MR) is 94.2 cm³/mol. The Bertz CT molecular complexity index is 786. The number of nitrogens with zero attached hydrogens (tertiary/aromatic N) is 1. The lowest BCUT2D eigenvalue weighted by Crippen LogP contribution is -2.24. The van der Waals surface area contributed by atoms with E-state index in [4.69, 9.17) is 0 Å². The van der Waals surface area contributed by atoms with Gasteiger partial charge in [0.1, 0.15) is 11.5 Å². The molecule has 0 spiro atoms. The van der Waals surface area contributed by atoms with Gasteiger partial charge in [0.15, 0.2) is 0 Å². The van der Waals surface area contributed by atoms with Crippen LogP contribution in [-0.2, 0) is 11.2 Å². The van der Waals surface area contributed by atoms with Gasteiger partial charge in [0.25, 0.3) is 5.91 Å². The Hall–Kier alpha value is -2.68. The molecule has 1 amide bonds. The van der Waals surface area contributed by atoms with E-state index in [9.17, 15) is 4.79 Å². The molecule has 2 aromatic carbocycles. The van der Waals surface area contributed by atoms with Crippen molar-refractivity contribution in [2.45, 2.75) is 26.7 Å². The van der Waals surface area contributed by atoms with Gasteiger partial charge < -0.3 is 5.32 Å². The number of aryl methyl sites for hydroxylation is 3. The second-order valence-electron chi connectivity index (χ2n) is 5.88. The Kier molecular flexibility index (Phi) is 4.38. The molecule has 3 heteroatoms. The highest BCUT2D eigenvalue weighted by atomic mass is 16.2. The highest BCUT2D eigenvalue weighted by Gasteiger charge is 2.19. The smallest absolute Gasteiger partial charge is 0.275 e. The minimum Gasteiger partial charge on any atom is -0.309 e. The van der Waals surface area contributed by atoms with E-state index in [2.05, 4.69) is 41.5 Å². The molecule has 1 heterocycles. The van der Waals surface area contributed by atoms with Crippen molar-refractivity contribution in [2.24, 2.45) is 4.99 Å². The maximum atomic E-state index is 12.1. The van der Waals surface area contributed by atoms with Gasteiger partial charge in [0, 0.05) is 6.42 Å². The Balaban J connectivity index is 1.71. The highest BCUT2D eigenvalue weighted by molar-refractivity contribution is 6.14. The second kappa shape index (κ2) is 6.61. The quantitative estimate of drug-likeness (QED) is 0.858. The predicted octanol–water partition coefficient (Wildman–Crippen LogP) is 3.81. The normalized spacial score (nSPS) is 15.7. The van der Waals surface area contributed by atoms with Crippen LogP contribution in [0.2, 0.25) is 0 Å². The minimum absolute atomic E-state index is 0.118. The third-order valence-electron chi connectivity index (χ3n) is 4.00. The Morgan fingerprint density at radius 1 is 1.00 bits per heavy atom. The maximum absolute atomic E-state index is 12.1. The molecule has 0 bridgehead atoms. The molecule has 116 valence electrons. The molecule has 1 N–H and O–H groups in total. The van der Waals surface area contributed by atoms with Crippen molar-refractivity contribution in [1.29, 1.82) is 0 Å². The molecule has 0 atom stereocenters. The van der Waals surface area contributed by atoms with E-state index in [1.165, 1.54) is 11.1 Å². The third-order valence-corrected chi connectivity index (χ3v) is 4.00. The summed E-state index contributed by atoms with van der Waals surface area (Å²) in [5.41, 5.74) is 5.16. The van der Waals surface area contributed by atoms with Gasteiger partial charge in [-0.15, -0.1) is 0 Å². The van der Waals surface area contributed by atoms with Crippen LogP contribution in [0.15, 0.2) is 59.2 Å². The molecule has 0 saturated heterocycles. The van der Waals surface area contributed by atoms with Crippen LogP contribution in [0, 0.1) is 13.8 Å². The second-order valence-corrected chi connectivity index (χ2v) is 5.88. The van der Waals surface area contributed by atoms with Crippen molar-refractivity contribution in [3.63, 3.8) is 0 Å². The maximum Gasteiger partial charge on any atom is 0.275 e. The van der Waals surface area contributed by atoms with E-state index in [0.717, 1.165) is 29.8 Å². The molecule has 2 aromatic rings. The first-order valence-corrected chi connectivity index (χ1v) is 7.83. The summed E-state index contributed by atoms with van der Waals surface area (Å²) >= 11 is 0. The van der Waals surface area contributed by atoms with Gasteiger partial charge >= 0.3 is 0 Å². The summed E-state index contributed by atoms with van der Waals surface area (Å²) < 4.78 is 0. The number of carbonyl (C=O) groups excluding carboxylic acids is 1. The molecular formula is C20H20N2O. The van der Waals surface area contributed by atoms with Crippen LogP contribution in [0.1, 0.15) is 28.7 Å². The Morgan fingerprint density at radius 3 is 2.48 bits per heavy atom. The first kappa shape index (κ1) is 15.2. The first-order valence-electron chi connectivity index (χ1n) is 7.83. The topological polar surface area (TPSA) is 41.5 Å². The number of aliphatic imine (C=N–C) groups is 1. The zero-order valence-corrected chi connectivity index (χ0v) is 13.5. The fourth-order valence-electron chi connectivity index (χ4n) is 2.55. The average molecular weight is 304 g/mol. The molecule has 1 aliphatic heterocycles. The zero-order chi connectivity index (χ0) is 16.2. The molecule has 1 aliphatic rings. The minimum atomic E-state index is -0.118. The third kappa shape index (κ3) is 3.75. The number of benzene rings is 2. The van der Waals surface area contributed by atoms with Gasteiger partial charge in [0.05, 0.1) is 0 Å². The SMILES string of the molecule is Cc1ccc(CCC2=N/C(=C\c3ccccc3C)C(=O)N2)cc1. The van der Waals surface area contributed by atoms with E-state index < -0.39 is 0 Å². The monoisotopic (exact) mass is 304 g/mol. The molecule has 0 unspecified atom stereocenters. The lowest BCUT2D eigenvalue weighted by molar-refractivity contribution is -0.115. The van der Waals surface area contributed by atoms with E-state index in [1.54, 1.807) is 0 Å². The van der Waals surface area contributed by atoms with Gasteiger partial charge in [-0.1, -0.05) is 54.1 Å². The molecule has 0 fully saturated rings. The summed E-state index contributed by atoms with van der Waals surface area (Å²) in [6.07, 6.45) is 3.46. The van der Waals surface area contributed by atoms with Crippen LogP contribution in [0.5, 0.6) is 0 Å². The van der Waals surface area contributed by atoms with Crippen molar-refractivity contribution >= 4 is 17.8 Å². The van der Waals surface area contributed by atoms with Crippen LogP contribution in [-0.4, -0.2) is 11.7 Å². The molecule has 0 aliphatic carbocycles.